The molecule has 2 nitrogen and oxygen atoms in total. The van der Waals surface area contributed by atoms with E-state index in [1.165, 1.54) is 0 Å². The Bertz CT molecular complexity index is 316. The van der Waals surface area contributed by atoms with Crippen LogP contribution in [0.25, 0.3) is 0 Å². The van der Waals surface area contributed by atoms with Gasteiger partial charge in [-0.05, 0) is 46.3 Å². The van der Waals surface area contributed by atoms with Crippen LogP contribution >= 0.6 is 31.9 Å². The molecule has 0 bridgehead atoms. The molecule has 2 rings (SSSR count). The van der Waals surface area contributed by atoms with Crippen LogP contribution in [0.3, 0.4) is 0 Å². The molecule has 1 fully saturated rings. The number of halogens is 2. The predicted octanol–water partition coefficient (Wildman–Crippen LogP) is 3.78. The van der Waals surface area contributed by atoms with Crippen molar-refractivity contribution in [2.75, 3.05) is 18.5 Å². The van der Waals surface area contributed by atoms with Crippen LogP contribution in [0.5, 0.6) is 0 Å². The Morgan fingerprint density at radius 3 is 2.53 bits per heavy atom. The second kappa shape index (κ2) is 5.02. The Balaban J connectivity index is 2.06. The fraction of sp³-hybridized carbons (Fsp3) is 0.636. The summed E-state index contributed by atoms with van der Waals surface area (Å²) in [5.41, 5.74) is 0.315. The molecular formula is C11H14Br2O2. The lowest BCUT2D eigenvalue weighted by Gasteiger charge is -2.34. The molecule has 0 spiro atoms. The standard InChI is InChI=1S/C11H14Br2O2/c12-8-11(3-5-14-6-4-11)7-9-1-2-10(13)15-9/h1-2H,3-8H2. The maximum Gasteiger partial charge on any atom is 0.169 e. The van der Waals surface area contributed by atoms with E-state index >= 15 is 0 Å². The maximum atomic E-state index is 5.57. The third-order valence-electron chi connectivity index (χ3n) is 3.02. The minimum Gasteiger partial charge on any atom is -0.454 e. The molecule has 1 aromatic heterocycles. The van der Waals surface area contributed by atoms with Crippen LogP contribution in [-0.4, -0.2) is 18.5 Å². The summed E-state index contributed by atoms with van der Waals surface area (Å²) in [5, 5.41) is 1.02. The average Bonchev–Trinajstić information content (AvgIpc) is 2.65. The highest BCUT2D eigenvalue weighted by molar-refractivity contribution is 9.10. The molecule has 0 radical (unpaired) electrons. The van der Waals surface area contributed by atoms with E-state index in [1.807, 2.05) is 12.1 Å². The van der Waals surface area contributed by atoms with Gasteiger partial charge < -0.3 is 9.15 Å². The Labute approximate surface area is 107 Å². The molecule has 4 heteroatoms. The lowest BCUT2D eigenvalue weighted by Crippen LogP contribution is -2.33. The Hall–Kier alpha value is 0.200. The van der Waals surface area contributed by atoms with Gasteiger partial charge in [0.2, 0.25) is 0 Å². The van der Waals surface area contributed by atoms with Gasteiger partial charge in [0.25, 0.3) is 0 Å². The summed E-state index contributed by atoms with van der Waals surface area (Å²) in [6, 6.07) is 4.00. The van der Waals surface area contributed by atoms with Crippen LogP contribution in [0, 0.1) is 5.41 Å². The second-order valence-corrected chi connectivity index (χ2v) is 5.47. The third-order valence-corrected chi connectivity index (χ3v) is 4.63. The van der Waals surface area contributed by atoms with Crippen LogP contribution in [0.15, 0.2) is 21.2 Å². The normalized spacial score (nSPS) is 20.4. The van der Waals surface area contributed by atoms with Crippen molar-refractivity contribution in [2.24, 2.45) is 5.41 Å². The Kier molecular flexibility index (Phi) is 3.91. The van der Waals surface area contributed by atoms with E-state index in [4.69, 9.17) is 9.15 Å². The highest BCUT2D eigenvalue weighted by Crippen LogP contribution is 2.36. The lowest BCUT2D eigenvalue weighted by atomic mass is 9.78. The highest BCUT2D eigenvalue weighted by Gasteiger charge is 2.32. The van der Waals surface area contributed by atoms with Crippen molar-refractivity contribution in [3.8, 4) is 0 Å². The van der Waals surface area contributed by atoms with Gasteiger partial charge in [-0.1, -0.05) is 15.9 Å². The molecule has 15 heavy (non-hydrogen) atoms. The molecule has 0 unspecified atom stereocenters. The van der Waals surface area contributed by atoms with Gasteiger partial charge in [0, 0.05) is 25.0 Å². The third kappa shape index (κ3) is 2.86. The molecule has 0 N–H and O–H groups in total. The van der Waals surface area contributed by atoms with Gasteiger partial charge in [-0.15, -0.1) is 0 Å². The van der Waals surface area contributed by atoms with Crippen LogP contribution in [0.4, 0.5) is 0 Å². The first kappa shape index (κ1) is 11.7. The molecule has 0 saturated carbocycles. The summed E-state index contributed by atoms with van der Waals surface area (Å²) in [6.45, 7) is 1.74. The SMILES string of the molecule is BrCC1(Cc2ccc(Br)o2)CCOCC1. The number of furan rings is 1. The highest BCUT2D eigenvalue weighted by atomic mass is 79.9. The second-order valence-electron chi connectivity index (χ2n) is 4.13. The quantitative estimate of drug-likeness (QED) is 0.783. The Morgan fingerprint density at radius 2 is 2.00 bits per heavy atom. The first-order chi connectivity index (χ1) is 7.24. The molecule has 0 aliphatic carbocycles. The van der Waals surface area contributed by atoms with Crippen molar-refractivity contribution in [1.29, 1.82) is 0 Å². The smallest absolute Gasteiger partial charge is 0.169 e. The molecule has 84 valence electrons. The van der Waals surface area contributed by atoms with Crippen molar-refractivity contribution < 1.29 is 9.15 Å². The summed E-state index contributed by atoms with van der Waals surface area (Å²) in [4.78, 5) is 0. The van der Waals surface area contributed by atoms with E-state index in [9.17, 15) is 0 Å². The van der Waals surface area contributed by atoms with Crippen LogP contribution in [0.1, 0.15) is 18.6 Å². The molecule has 1 aliphatic rings. The zero-order valence-corrected chi connectivity index (χ0v) is 11.6. The van der Waals surface area contributed by atoms with Crippen LogP contribution in [-0.2, 0) is 11.2 Å². The van der Waals surface area contributed by atoms with Crippen molar-refractivity contribution in [3.63, 3.8) is 0 Å². The van der Waals surface area contributed by atoms with Crippen molar-refractivity contribution in [1.82, 2.24) is 0 Å². The van der Waals surface area contributed by atoms with E-state index in [0.29, 0.717) is 5.41 Å². The number of ether oxygens (including phenoxy) is 1. The summed E-state index contributed by atoms with van der Waals surface area (Å²) in [6.07, 6.45) is 3.21. The van der Waals surface area contributed by atoms with E-state index in [2.05, 4.69) is 31.9 Å². The molecule has 0 atom stereocenters. The predicted molar refractivity (Wildman–Crippen MR) is 66.4 cm³/mol. The fourth-order valence-corrected chi connectivity index (χ4v) is 3.08. The fourth-order valence-electron chi connectivity index (χ4n) is 1.98. The summed E-state index contributed by atoms with van der Waals surface area (Å²) in [5.74, 6) is 1.06. The summed E-state index contributed by atoms with van der Waals surface area (Å²) in [7, 11) is 0. The number of hydrogen-bond acceptors (Lipinski definition) is 2. The van der Waals surface area contributed by atoms with Crippen LogP contribution < -0.4 is 0 Å². The molecular weight excluding hydrogens is 324 g/mol. The summed E-state index contributed by atoms with van der Waals surface area (Å²) >= 11 is 6.96. The number of alkyl halides is 1. The van der Waals surface area contributed by atoms with Gasteiger partial charge in [0.15, 0.2) is 4.67 Å². The van der Waals surface area contributed by atoms with Crippen molar-refractivity contribution in [3.05, 3.63) is 22.6 Å². The molecule has 1 saturated heterocycles. The molecule has 0 aromatic carbocycles. The zero-order valence-electron chi connectivity index (χ0n) is 8.47. The minimum atomic E-state index is 0.315. The van der Waals surface area contributed by atoms with Gasteiger partial charge in [-0.3, -0.25) is 0 Å². The van der Waals surface area contributed by atoms with Crippen molar-refractivity contribution >= 4 is 31.9 Å². The van der Waals surface area contributed by atoms with Crippen molar-refractivity contribution in [2.45, 2.75) is 19.3 Å². The first-order valence-corrected chi connectivity index (χ1v) is 7.03. The van der Waals surface area contributed by atoms with Gasteiger partial charge in [0.1, 0.15) is 5.76 Å². The molecule has 2 heterocycles. The first-order valence-electron chi connectivity index (χ1n) is 5.12. The summed E-state index contributed by atoms with van der Waals surface area (Å²) < 4.78 is 11.8. The molecule has 0 amide bonds. The topological polar surface area (TPSA) is 22.4 Å². The zero-order chi connectivity index (χ0) is 10.7. The van der Waals surface area contributed by atoms with E-state index in [0.717, 1.165) is 48.2 Å². The van der Waals surface area contributed by atoms with Crippen LogP contribution in [0.2, 0.25) is 0 Å². The van der Waals surface area contributed by atoms with Gasteiger partial charge in [-0.25, -0.2) is 0 Å². The molecule has 1 aliphatic heterocycles. The minimum absolute atomic E-state index is 0.315. The lowest BCUT2D eigenvalue weighted by molar-refractivity contribution is 0.0247. The largest absolute Gasteiger partial charge is 0.454 e. The number of rotatable bonds is 3. The Morgan fingerprint density at radius 1 is 1.27 bits per heavy atom. The maximum absolute atomic E-state index is 5.57. The van der Waals surface area contributed by atoms with Gasteiger partial charge >= 0.3 is 0 Å². The van der Waals surface area contributed by atoms with E-state index in [1.54, 1.807) is 0 Å². The molecule has 1 aromatic rings. The van der Waals surface area contributed by atoms with Gasteiger partial charge in [0.05, 0.1) is 0 Å². The number of hydrogen-bond donors (Lipinski definition) is 0. The average molecular weight is 338 g/mol. The van der Waals surface area contributed by atoms with Gasteiger partial charge in [-0.2, -0.15) is 0 Å². The van der Waals surface area contributed by atoms with E-state index in [-0.39, 0.29) is 0 Å². The monoisotopic (exact) mass is 336 g/mol. The van der Waals surface area contributed by atoms with E-state index < -0.39 is 0 Å².